The van der Waals surface area contributed by atoms with E-state index >= 15 is 0 Å². The number of aromatic nitrogens is 3. The summed E-state index contributed by atoms with van der Waals surface area (Å²) in [4.78, 5) is 26.0. The van der Waals surface area contributed by atoms with Gasteiger partial charge in [-0.15, -0.1) is 0 Å². The van der Waals surface area contributed by atoms with Gasteiger partial charge in [0.2, 0.25) is 0 Å². The standard InChI is InChI=1S/C17H18FN4O6P/c18-9-3-1-8(2-4-9)10-5-22(16-12(10)15(19)20-7-21-16)17-14(24)13(23)11(28-17)6-27-29(25)26/h1-5,7,11,13-14,17,23-26H,6H2,(H2,19,20,21). The Morgan fingerprint density at radius 1 is 1.17 bits per heavy atom. The molecule has 0 spiro atoms. The molecular weight excluding hydrogens is 406 g/mol. The number of rotatable bonds is 5. The molecule has 1 saturated heterocycles. The van der Waals surface area contributed by atoms with Crippen molar-refractivity contribution in [1.82, 2.24) is 14.5 Å². The maximum atomic E-state index is 13.3. The number of hydrogen-bond acceptors (Lipinski definition) is 9. The van der Waals surface area contributed by atoms with Crippen LogP contribution in [0.4, 0.5) is 10.2 Å². The number of benzene rings is 1. The number of aliphatic hydroxyl groups is 2. The van der Waals surface area contributed by atoms with Crippen molar-refractivity contribution in [2.24, 2.45) is 0 Å². The zero-order valence-corrected chi connectivity index (χ0v) is 15.7. The Hall–Kier alpha value is -2.24. The molecule has 3 heterocycles. The van der Waals surface area contributed by atoms with Crippen molar-refractivity contribution >= 4 is 25.5 Å². The first-order chi connectivity index (χ1) is 13.9. The molecule has 1 aromatic carbocycles. The van der Waals surface area contributed by atoms with Gasteiger partial charge < -0.3 is 39.6 Å². The second kappa shape index (κ2) is 7.88. The van der Waals surface area contributed by atoms with Crippen LogP contribution < -0.4 is 5.73 Å². The van der Waals surface area contributed by atoms with Crippen molar-refractivity contribution in [2.75, 3.05) is 12.3 Å². The van der Waals surface area contributed by atoms with Gasteiger partial charge in [-0.25, -0.2) is 14.4 Å². The van der Waals surface area contributed by atoms with Gasteiger partial charge in [0.25, 0.3) is 0 Å². The fourth-order valence-corrected chi connectivity index (χ4v) is 3.67. The van der Waals surface area contributed by atoms with Gasteiger partial charge in [-0.2, -0.15) is 0 Å². The monoisotopic (exact) mass is 424 g/mol. The lowest BCUT2D eigenvalue weighted by molar-refractivity contribution is -0.0482. The van der Waals surface area contributed by atoms with Crippen LogP contribution in [0.5, 0.6) is 0 Å². The Bertz CT molecular complexity index is 1020. The summed E-state index contributed by atoms with van der Waals surface area (Å²) in [7, 11) is -2.63. The molecule has 4 unspecified atom stereocenters. The summed E-state index contributed by atoms with van der Waals surface area (Å²) < 4.78 is 25.2. The summed E-state index contributed by atoms with van der Waals surface area (Å²) in [6.45, 7) is -0.325. The summed E-state index contributed by atoms with van der Waals surface area (Å²) in [5.74, 6) is -0.206. The minimum Gasteiger partial charge on any atom is -0.387 e. The lowest BCUT2D eigenvalue weighted by atomic mass is 10.1. The third-order valence-electron chi connectivity index (χ3n) is 4.76. The Morgan fingerprint density at radius 2 is 1.90 bits per heavy atom. The highest BCUT2D eigenvalue weighted by molar-refractivity contribution is 7.39. The van der Waals surface area contributed by atoms with Gasteiger partial charge in [-0.05, 0) is 17.7 Å². The summed E-state index contributed by atoms with van der Waals surface area (Å²) >= 11 is 0. The van der Waals surface area contributed by atoms with E-state index in [-0.39, 0.29) is 12.4 Å². The van der Waals surface area contributed by atoms with E-state index in [0.29, 0.717) is 22.2 Å². The van der Waals surface area contributed by atoms with Crippen LogP contribution in [0.1, 0.15) is 6.23 Å². The summed E-state index contributed by atoms with van der Waals surface area (Å²) in [6.07, 6.45) is -1.84. The summed E-state index contributed by atoms with van der Waals surface area (Å²) in [5, 5.41) is 21.2. The largest absolute Gasteiger partial charge is 0.387 e. The molecule has 1 aliphatic rings. The quantitative estimate of drug-likeness (QED) is 0.371. The van der Waals surface area contributed by atoms with Crippen molar-refractivity contribution in [3.8, 4) is 11.1 Å². The van der Waals surface area contributed by atoms with Gasteiger partial charge in [-0.3, -0.25) is 0 Å². The van der Waals surface area contributed by atoms with Crippen molar-refractivity contribution in [2.45, 2.75) is 24.5 Å². The number of halogens is 1. The predicted octanol–water partition coefficient (Wildman–Crippen LogP) is 0.667. The number of hydrogen-bond donors (Lipinski definition) is 5. The molecule has 12 heteroatoms. The number of ether oxygens (including phenoxy) is 1. The molecule has 3 aromatic rings. The topological polar surface area (TPSA) is 156 Å². The molecule has 1 fully saturated rings. The predicted molar refractivity (Wildman–Crippen MR) is 101 cm³/mol. The number of aliphatic hydroxyl groups excluding tert-OH is 2. The van der Waals surface area contributed by atoms with Crippen molar-refractivity contribution in [3.63, 3.8) is 0 Å². The molecule has 4 atom stereocenters. The second-order valence-electron chi connectivity index (χ2n) is 6.51. The Labute approximate surface area is 165 Å². The number of nitrogens with zero attached hydrogens (tertiary/aromatic N) is 3. The normalized spacial score (nSPS) is 24.6. The van der Waals surface area contributed by atoms with Crippen LogP contribution in [0, 0.1) is 5.82 Å². The Kier molecular flexibility index (Phi) is 5.45. The van der Waals surface area contributed by atoms with Crippen molar-refractivity contribution < 1.29 is 33.7 Å². The molecule has 6 N–H and O–H groups in total. The van der Waals surface area contributed by atoms with Crippen LogP contribution in [0.3, 0.4) is 0 Å². The summed E-state index contributed by atoms with van der Waals surface area (Å²) in [5.41, 5.74) is 7.63. The fraction of sp³-hybridized carbons (Fsp3) is 0.294. The first-order valence-electron chi connectivity index (χ1n) is 8.56. The lowest BCUT2D eigenvalue weighted by Gasteiger charge is -2.17. The van der Waals surface area contributed by atoms with Gasteiger partial charge in [0.15, 0.2) is 6.23 Å². The molecule has 2 aromatic heterocycles. The van der Waals surface area contributed by atoms with Crippen LogP contribution in [0.2, 0.25) is 0 Å². The summed E-state index contributed by atoms with van der Waals surface area (Å²) in [6, 6.07) is 5.75. The molecule has 0 bridgehead atoms. The number of nitrogen functional groups attached to an aromatic ring is 1. The molecule has 29 heavy (non-hydrogen) atoms. The zero-order valence-electron chi connectivity index (χ0n) is 14.8. The van der Waals surface area contributed by atoms with E-state index in [1.54, 1.807) is 18.3 Å². The van der Waals surface area contributed by atoms with E-state index in [9.17, 15) is 14.6 Å². The van der Waals surface area contributed by atoms with Crippen molar-refractivity contribution in [1.29, 1.82) is 0 Å². The highest BCUT2D eigenvalue weighted by Gasteiger charge is 2.44. The SMILES string of the molecule is Nc1ncnc2c1c(-c1ccc(F)cc1)cn2C1OC(COP(O)O)C(O)C1O. The van der Waals surface area contributed by atoms with E-state index in [1.807, 2.05) is 0 Å². The molecule has 1 aliphatic heterocycles. The van der Waals surface area contributed by atoms with E-state index in [4.69, 9.17) is 24.8 Å². The smallest absolute Gasteiger partial charge is 0.327 e. The van der Waals surface area contributed by atoms with Gasteiger partial charge in [0.1, 0.15) is 41.9 Å². The maximum absolute atomic E-state index is 13.3. The molecular formula is C17H18FN4O6P. The Morgan fingerprint density at radius 3 is 2.59 bits per heavy atom. The Balaban J connectivity index is 1.77. The van der Waals surface area contributed by atoms with Crippen LogP contribution in [-0.2, 0) is 9.26 Å². The highest BCUT2D eigenvalue weighted by atomic mass is 31.2. The van der Waals surface area contributed by atoms with E-state index in [2.05, 4.69) is 9.97 Å². The van der Waals surface area contributed by atoms with Crippen LogP contribution in [0.15, 0.2) is 36.8 Å². The van der Waals surface area contributed by atoms with Gasteiger partial charge in [0, 0.05) is 11.8 Å². The number of anilines is 1. The zero-order chi connectivity index (χ0) is 20.7. The maximum Gasteiger partial charge on any atom is 0.327 e. The lowest BCUT2D eigenvalue weighted by Crippen LogP contribution is -2.33. The van der Waals surface area contributed by atoms with E-state index < -0.39 is 39.0 Å². The average Bonchev–Trinajstić information content (AvgIpc) is 3.20. The minimum atomic E-state index is -2.63. The third-order valence-corrected chi connectivity index (χ3v) is 5.14. The molecule has 0 aliphatic carbocycles. The molecule has 10 nitrogen and oxygen atoms in total. The van der Waals surface area contributed by atoms with Gasteiger partial charge >= 0.3 is 8.60 Å². The number of fused-ring (bicyclic) bond motifs is 1. The second-order valence-corrected chi connectivity index (χ2v) is 7.27. The van der Waals surface area contributed by atoms with E-state index in [0.717, 1.165) is 0 Å². The average molecular weight is 424 g/mol. The first-order valence-corrected chi connectivity index (χ1v) is 9.72. The molecule has 0 radical (unpaired) electrons. The van der Waals surface area contributed by atoms with Crippen LogP contribution in [0.25, 0.3) is 22.2 Å². The first kappa shape index (κ1) is 20.0. The van der Waals surface area contributed by atoms with Crippen molar-refractivity contribution in [3.05, 3.63) is 42.6 Å². The van der Waals surface area contributed by atoms with Crippen LogP contribution in [-0.4, -0.2) is 59.5 Å². The minimum absolute atomic E-state index is 0.187. The molecule has 0 saturated carbocycles. The molecule has 0 amide bonds. The highest BCUT2D eigenvalue weighted by Crippen LogP contribution is 2.39. The number of nitrogens with two attached hydrogens (primary N) is 1. The van der Waals surface area contributed by atoms with Gasteiger partial charge in [0.05, 0.1) is 12.0 Å². The molecule has 4 rings (SSSR count). The third kappa shape index (κ3) is 3.69. The fourth-order valence-electron chi connectivity index (χ4n) is 3.39. The van der Waals surface area contributed by atoms with Crippen LogP contribution >= 0.6 is 8.60 Å². The van der Waals surface area contributed by atoms with Gasteiger partial charge in [-0.1, -0.05) is 12.1 Å². The molecule has 154 valence electrons. The van der Waals surface area contributed by atoms with E-state index in [1.165, 1.54) is 23.0 Å².